The standard InChI is InChI=1S/C32H25ClN2O5/c1-19(20-5-3-2-4-6-20)39-31(38)35-27-26-17-25(33)18-34-29(26)40-28(27)23-9-7-21(8-10-23)22-11-13-24(14-12-22)32(15-16-32)30(36)37/h2-14,17-19H,15-16H2,1H3,(H,35,38)(H,36,37)/t19-/m1/s1. The molecule has 0 bridgehead atoms. The predicted octanol–water partition coefficient (Wildman–Crippen LogP) is 8.24. The van der Waals surface area contributed by atoms with E-state index in [2.05, 4.69) is 10.3 Å². The number of pyridine rings is 1. The van der Waals surface area contributed by atoms with Crippen LogP contribution in [0.4, 0.5) is 10.5 Å². The Morgan fingerprint density at radius 1 is 0.975 bits per heavy atom. The first-order chi connectivity index (χ1) is 19.3. The van der Waals surface area contributed by atoms with Gasteiger partial charge in [-0.15, -0.1) is 0 Å². The Bertz CT molecular complexity index is 1710. The van der Waals surface area contributed by atoms with Gasteiger partial charge in [-0.3, -0.25) is 10.1 Å². The highest BCUT2D eigenvalue weighted by Crippen LogP contribution is 2.48. The number of aliphatic carboxylic acids is 1. The van der Waals surface area contributed by atoms with E-state index in [0.717, 1.165) is 27.8 Å². The Morgan fingerprint density at radius 2 is 1.60 bits per heavy atom. The molecule has 1 saturated carbocycles. The van der Waals surface area contributed by atoms with Crippen molar-refractivity contribution in [3.8, 4) is 22.5 Å². The summed E-state index contributed by atoms with van der Waals surface area (Å²) in [4.78, 5) is 28.9. The molecule has 1 aliphatic carbocycles. The number of fused-ring (bicyclic) bond motifs is 1. The van der Waals surface area contributed by atoms with Crippen molar-refractivity contribution in [2.45, 2.75) is 31.3 Å². The fraction of sp³-hybridized carbons (Fsp3) is 0.156. The summed E-state index contributed by atoms with van der Waals surface area (Å²) in [5.41, 5.74) is 4.36. The largest absolute Gasteiger partial charge is 0.481 e. The smallest absolute Gasteiger partial charge is 0.412 e. The minimum Gasteiger partial charge on any atom is -0.481 e. The molecule has 7 nitrogen and oxygen atoms in total. The average molecular weight is 553 g/mol. The summed E-state index contributed by atoms with van der Waals surface area (Å²) in [5, 5.41) is 13.4. The van der Waals surface area contributed by atoms with Crippen molar-refractivity contribution >= 4 is 40.5 Å². The van der Waals surface area contributed by atoms with Crippen LogP contribution in [0.15, 0.2) is 95.5 Å². The normalized spacial score (nSPS) is 14.4. The molecule has 0 spiro atoms. The third-order valence-corrected chi connectivity index (χ3v) is 7.58. The summed E-state index contributed by atoms with van der Waals surface area (Å²) in [6.07, 6.45) is 1.73. The van der Waals surface area contributed by atoms with Crippen LogP contribution < -0.4 is 5.32 Å². The van der Waals surface area contributed by atoms with Gasteiger partial charge < -0.3 is 14.3 Å². The summed E-state index contributed by atoms with van der Waals surface area (Å²) < 4.78 is 11.7. The SMILES string of the molecule is C[C@@H](OC(=O)Nc1c(-c2ccc(-c3ccc(C4(C(=O)O)CC4)cc3)cc2)oc2ncc(Cl)cc12)c1ccccc1. The van der Waals surface area contributed by atoms with E-state index in [-0.39, 0.29) is 0 Å². The first kappa shape index (κ1) is 25.6. The van der Waals surface area contributed by atoms with Crippen molar-refractivity contribution in [3.63, 3.8) is 0 Å². The number of hydrogen-bond acceptors (Lipinski definition) is 5. The van der Waals surface area contributed by atoms with E-state index in [9.17, 15) is 14.7 Å². The molecule has 2 aromatic heterocycles. The molecule has 6 rings (SSSR count). The maximum Gasteiger partial charge on any atom is 0.412 e. The van der Waals surface area contributed by atoms with E-state index in [0.29, 0.717) is 40.4 Å². The van der Waals surface area contributed by atoms with E-state index in [1.165, 1.54) is 6.20 Å². The zero-order valence-electron chi connectivity index (χ0n) is 21.6. The Kier molecular flexibility index (Phi) is 6.52. The molecule has 1 aliphatic rings. The molecule has 200 valence electrons. The van der Waals surface area contributed by atoms with E-state index >= 15 is 0 Å². The van der Waals surface area contributed by atoms with Gasteiger partial charge in [0.2, 0.25) is 5.71 Å². The number of ether oxygens (including phenoxy) is 1. The van der Waals surface area contributed by atoms with Crippen LogP contribution in [-0.4, -0.2) is 22.2 Å². The summed E-state index contributed by atoms with van der Waals surface area (Å²) >= 11 is 6.22. The number of carbonyl (C=O) groups excluding carboxylic acids is 1. The number of nitrogens with one attached hydrogen (secondary N) is 1. The summed E-state index contributed by atoms with van der Waals surface area (Å²) in [6, 6.07) is 26.5. The molecule has 40 heavy (non-hydrogen) atoms. The second kappa shape index (κ2) is 10.2. The molecular formula is C32H25ClN2O5. The van der Waals surface area contributed by atoms with Gasteiger partial charge in [-0.05, 0) is 48.1 Å². The van der Waals surface area contributed by atoms with E-state index < -0.39 is 23.6 Å². The van der Waals surface area contributed by atoms with E-state index in [1.807, 2.05) is 78.9 Å². The highest BCUT2D eigenvalue weighted by molar-refractivity contribution is 6.31. The molecule has 3 aromatic carbocycles. The van der Waals surface area contributed by atoms with Gasteiger partial charge in [0, 0.05) is 11.8 Å². The van der Waals surface area contributed by atoms with Gasteiger partial charge in [0.15, 0.2) is 5.76 Å². The van der Waals surface area contributed by atoms with Crippen LogP contribution in [-0.2, 0) is 14.9 Å². The van der Waals surface area contributed by atoms with Crippen molar-refractivity contribution < 1.29 is 23.8 Å². The van der Waals surface area contributed by atoms with Crippen LogP contribution in [0.1, 0.15) is 37.0 Å². The second-order valence-electron chi connectivity index (χ2n) is 9.94. The van der Waals surface area contributed by atoms with Crippen molar-refractivity contribution in [2.75, 3.05) is 5.32 Å². The van der Waals surface area contributed by atoms with Gasteiger partial charge in [0.1, 0.15) is 11.8 Å². The van der Waals surface area contributed by atoms with Crippen molar-refractivity contribution in [3.05, 3.63) is 107 Å². The van der Waals surface area contributed by atoms with Crippen LogP contribution in [0.5, 0.6) is 0 Å². The quantitative estimate of drug-likeness (QED) is 0.211. The number of furan rings is 1. The predicted molar refractivity (Wildman–Crippen MR) is 153 cm³/mol. The summed E-state index contributed by atoms with van der Waals surface area (Å²) in [7, 11) is 0. The van der Waals surface area contributed by atoms with Crippen molar-refractivity contribution in [1.29, 1.82) is 0 Å². The molecule has 2 heterocycles. The maximum atomic E-state index is 12.9. The number of carboxylic acids is 1. The lowest BCUT2D eigenvalue weighted by Gasteiger charge is -2.14. The first-order valence-electron chi connectivity index (χ1n) is 12.9. The molecule has 5 aromatic rings. The summed E-state index contributed by atoms with van der Waals surface area (Å²) in [5.74, 6) is -0.345. The highest BCUT2D eigenvalue weighted by Gasteiger charge is 2.51. The monoisotopic (exact) mass is 552 g/mol. The number of aromatic nitrogens is 1. The molecular weight excluding hydrogens is 528 g/mol. The number of amides is 1. The molecule has 0 saturated heterocycles. The number of halogens is 1. The van der Waals surface area contributed by atoms with E-state index in [4.69, 9.17) is 20.8 Å². The topological polar surface area (TPSA) is 102 Å². The Hall–Kier alpha value is -4.62. The third-order valence-electron chi connectivity index (χ3n) is 7.37. The molecule has 1 amide bonds. The second-order valence-corrected chi connectivity index (χ2v) is 10.4. The van der Waals surface area contributed by atoms with Gasteiger partial charge in [-0.1, -0.05) is 90.5 Å². The van der Waals surface area contributed by atoms with Gasteiger partial charge >= 0.3 is 12.1 Å². The number of hydrogen-bond donors (Lipinski definition) is 2. The van der Waals surface area contributed by atoms with Crippen LogP contribution in [0, 0.1) is 0 Å². The number of rotatable bonds is 7. The van der Waals surface area contributed by atoms with Crippen LogP contribution in [0.2, 0.25) is 5.02 Å². The zero-order valence-corrected chi connectivity index (χ0v) is 22.3. The molecule has 0 aliphatic heterocycles. The third kappa shape index (κ3) is 4.80. The Morgan fingerprint density at radius 3 is 2.23 bits per heavy atom. The average Bonchev–Trinajstić information content (AvgIpc) is 3.72. The van der Waals surface area contributed by atoms with Crippen molar-refractivity contribution in [1.82, 2.24) is 4.98 Å². The lowest BCUT2D eigenvalue weighted by atomic mass is 9.93. The first-order valence-corrected chi connectivity index (χ1v) is 13.3. The van der Waals surface area contributed by atoms with Crippen LogP contribution >= 0.6 is 11.6 Å². The fourth-order valence-electron chi connectivity index (χ4n) is 4.92. The van der Waals surface area contributed by atoms with E-state index in [1.54, 1.807) is 13.0 Å². The minimum absolute atomic E-state index is 0.331. The number of anilines is 1. The molecule has 1 atom stereocenters. The minimum atomic E-state index is -0.769. The highest BCUT2D eigenvalue weighted by atomic mass is 35.5. The van der Waals surface area contributed by atoms with Gasteiger partial charge in [-0.25, -0.2) is 9.78 Å². The Balaban J connectivity index is 1.27. The van der Waals surface area contributed by atoms with Crippen LogP contribution in [0.3, 0.4) is 0 Å². The van der Waals surface area contributed by atoms with Gasteiger partial charge in [-0.2, -0.15) is 0 Å². The number of carboxylic acid groups (broad SMARTS) is 1. The molecule has 2 N–H and O–H groups in total. The van der Waals surface area contributed by atoms with Crippen LogP contribution in [0.25, 0.3) is 33.6 Å². The fourth-order valence-corrected chi connectivity index (χ4v) is 5.07. The van der Waals surface area contributed by atoms with Gasteiger partial charge in [0.25, 0.3) is 0 Å². The van der Waals surface area contributed by atoms with Gasteiger partial charge in [0.05, 0.1) is 15.8 Å². The number of nitrogens with zero attached hydrogens (tertiary/aromatic N) is 1. The van der Waals surface area contributed by atoms with Crippen molar-refractivity contribution in [2.24, 2.45) is 0 Å². The zero-order chi connectivity index (χ0) is 27.9. The summed E-state index contributed by atoms with van der Waals surface area (Å²) in [6.45, 7) is 1.80. The number of benzene rings is 3. The molecule has 1 fully saturated rings. The number of carbonyl (C=O) groups is 2. The molecule has 0 radical (unpaired) electrons. The molecule has 8 heteroatoms. The maximum absolute atomic E-state index is 12.9. The lowest BCUT2D eigenvalue weighted by Crippen LogP contribution is -2.19. The Labute approximate surface area is 235 Å². The lowest BCUT2D eigenvalue weighted by molar-refractivity contribution is -0.140. The molecule has 0 unspecified atom stereocenters.